The summed E-state index contributed by atoms with van der Waals surface area (Å²) in [6.45, 7) is 5.93. The van der Waals surface area contributed by atoms with Crippen LogP contribution in [0.4, 0.5) is 0 Å². The van der Waals surface area contributed by atoms with Gasteiger partial charge in [-0.3, -0.25) is 14.7 Å². The van der Waals surface area contributed by atoms with Crippen molar-refractivity contribution in [2.45, 2.75) is 51.6 Å². The predicted octanol–water partition coefficient (Wildman–Crippen LogP) is 3.64. The minimum Gasteiger partial charge on any atom is -0.469 e. The number of rotatable bonds is 5. The number of ether oxygens (including phenoxy) is 1. The summed E-state index contributed by atoms with van der Waals surface area (Å²) >= 11 is 0. The average Bonchev–Trinajstić information content (AvgIpc) is 3.04. The first kappa shape index (κ1) is 24.9. The third kappa shape index (κ3) is 7.41. The molecule has 0 radical (unpaired) electrons. The van der Waals surface area contributed by atoms with Crippen molar-refractivity contribution in [2.24, 2.45) is 10.9 Å². The number of piperidine rings is 1. The van der Waals surface area contributed by atoms with E-state index in [4.69, 9.17) is 4.74 Å². The van der Waals surface area contributed by atoms with Gasteiger partial charge in [0.2, 0.25) is 0 Å². The van der Waals surface area contributed by atoms with E-state index in [1.807, 2.05) is 7.05 Å². The van der Waals surface area contributed by atoms with E-state index in [2.05, 4.69) is 44.4 Å². The van der Waals surface area contributed by atoms with E-state index in [1.54, 1.807) is 0 Å². The molecule has 0 atom stereocenters. The van der Waals surface area contributed by atoms with E-state index in [1.165, 1.54) is 57.0 Å². The van der Waals surface area contributed by atoms with Crippen LogP contribution in [0.5, 0.6) is 0 Å². The molecule has 0 bridgehead atoms. The van der Waals surface area contributed by atoms with E-state index in [0.29, 0.717) is 0 Å². The second-order valence-electron chi connectivity index (χ2n) is 8.19. The van der Waals surface area contributed by atoms with Crippen LogP contribution in [0.3, 0.4) is 0 Å². The van der Waals surface area contributed by atoms with Crippen LogP contribution >= 0.6 is 24.0 Å². The monoisotopic (exact) mass is 528 g/mol. The van der Waals surface area contributed by atoms with Gasteiger partial charge in [-0.15, -0.1) is 24.0 Å². The van der Waals surface area contributed by atoms with Crippen molar-refractivity contribution in [3.63, 3.8) is 0 Å². The summed E-state index contributed by atoms with van der Waals surface area (Å²) in [6, 6.07) is 8.95. The Morgan fingerprint density at radius 3 is 2.20 bits per heavy atom. The predicted molar refractivity (Wildman–Crippen MR) is 132 cm³/mol. The molecule has 0 aliphatic carbocycles. The van der Waals surface area contributed by atoms with Crippen molar-refractivity contribution in [3.05, 3.63) is 35.4 Å². The number of carbonyl (C=O) groups is 1. The summed E-state index contributed by atoms with van der Waals surface area (Å²) < 4.78 is 4.87. The summed E-state index contributed by atoms with van der Waals surface area (Å²) in [4.78, 5) is 20.9. The third-order valence-corrected chi connectivity index (χ3v) is 6.12. The molecule has 7 heteroatoms. The Balaban J connectivity index is 0.00000320. The largest absolute Gasteiger partial charge is 0.469 e. The molecule has 2 fully saturated rings. The van der Waals surface area contributed by atoms with Crippen LogP contribution in [0.25, 0.3) is 0 Å². The van der Waals surface area contributed by atoms with Crippen LogP contribution in [0.2, 0.25) is 0 Å². The fourth-order valence-electron chi connectivity index (χ4n) is 4.32. The number of hydrogen-bond donors (Lipinski definition) is 1. The summed E-state index contributed by atoms with van der Waals surface area (Å²) in [5.41, 5.74) is 2.65. The number of methoxy groups -OCH3 is 1. The van der Waals surface area contributed by atoms with Crippen LogP contribution in [-0.4, -0.2) is 62.1 Å². The van der Waals surface area contributed by atoms with Crippen LogP contribution < -0.4 is 5.32 Å². The second kappa shape index (κ2) is 13.1. The maximum absolute atomic E-state index is 11.7. The van der Waals surface area contributed by atoms with Gasteiger partial charge in [0, 0.05) is 33.2 Å². The van der Waals surface area contributed by atoms with Gasteiger partial charge in [-0.2, -0.15) is 0 Å². The zero-order valence-electron chi connectivity index (χ0n) is 18.4. The number of nitrogens with zero attached hydrogens (tertiary/aromatic N) is 3. The number of nitrogens with one attached hydrogen (secondary N) is 1. The summed E-state index contributed by atoms with van der Waals surface area (Å²) in [6.07, 6.45) is 7.05. The zero-order chi connectivity index (χ0) is 20.5. The van der Waals surface area contributed by atoms with Crippen molar-refractivity contribution in [1.82, 2.24) is 15.1 Å². The number of aliphatic imine (C=N–C) groups is 1. The molecule has 168 valence electrons. The number of halogens is 1. The lowest BCUT2D eigenvalue weighted by Gasteiger charge is -2.33. The van der Waals surface area contributed by atoms with E-state index < -0.39 is 0 Å². The maximum Gasteiger partial charge on any atom is 0.308 e. The van der Waals surface area contributed by atoms with Crippen molar-refractivity contribution in [2.75, 3.05) is 40.3 Å². The molecular weight excluding hydrogens is 491 g/mol. The summed E-state index contributed by atoms with van der Waals surface area (Å²) in [5, 5.41) is 3.47. The zero-order valence-corrected chi connectivity index (χ0v) is 20.8. The molecule has 0 saturated carbocycles. The molecule has 1 N–H and O–H groups in total. The van der Waals surface area contributed by atoms with Crippen LogP contribution in [-0.2, 0) is 22.6 Å². The van der Waals surface area contributed by atoms with Crippen molar-refractivity contribution < 1.29 is 9.53 Å². The van der Waals surface area contributed by atoms with Gasteiger partial charge in [0.1, 0.15) is 0 Å². The smallest absolute Gasteiger partial charge is 0.308 e. The van der Waals surface area contributed by atoms with Gasteiger partial charge in [0.25, 0.3) is 0 Å². The first-order chi connectivity index (χ1) is 14.2. The van der Waals surface area contributed by atoms with E-state index in [0.717, 1.165) is 45.0 Å². The van der Waals surface area contributed by atoms with E-state index in [9.17, 15) is 4.79 Å². The van der Waals surface area contributed by atoms with E-state index in [-0.39, 0.29) is 35.9 Å². The lowest BCUT2D eigenvalue weighted by molar-refractivity contribution is -0.146. The minimum absolute atomic E-state index is 0. The Morgan fingerprint density at radius 1 is 1.03 bits per heavy atom. The van der Waals surface area contributed by atoms with Gasteiger partial charge >= 0.3 is 5.97 Å². The Bertz CT molecular complexity index is 664. The Hall–Kier alpha value is -1.35. The average molecular weight is 528 g/mol. The quantitative estimate of drug-likeness (QED) is 0.274. The molecule has 0 aromatic heterocycles. The molecular formula is C23H37IN4O2. The first-order valence-corrected chi connectivity index (χ1v) is 11.0. The summed E-state index contributed by atoms with van der Waals surface area (Å²) in [7, 11) is 3.29. The van der Waals surface area contributed by atoms with Crippen molar-refractivity contribution in [3.8, 4) is 0 Å². The molecule has 1 aromatic rings. The fraction of sp³-hybridized carbons (Fsp3) is 0.652. The third-order valence-electron chi connectivity index (χ3n) is 6.12. The van der Waals surface area contributed by atoms with Crippen LogP contribution in [0, 0.1) is 5.92 Å². The number of guanidine groups is 1. The maximum atomic E-state index is 11.7. The van der Waals surface area contributed by atoms with Gasteiger partial charge in [0.15, 0.2) is 5.96 Å². The molecule has 2 aliphatic rings. The molecule has 2 aliphatic heterocycles. The molecule has 0 spiro atoms. The molecule has 2 heterocycles. The van der Waals surface area contributed by atoms with Crippen LogP contribution in [0.1, 0.15) is 49.7 Å². The Morgan fingerprint density at radius 2 is 1.63 bits per heavy atom. The highest BCUT2D eigenvalue weighted by atomic mass is 127. The fourth-order valence-corrected chi connectivity index (χ4v) is 4.32. The molecule has 6 nitrogen and oxygen atoms in total. The van der Waals surface area contributed by atoms with Crippen LogP contribution in [0.15, 0.2) is 29.3 Å². The number of benzene rings is 1. The lowest BCUT2D eigenvalue weighted by Crippen LogP contribution is -2.46. The topological polar surface area (TPSA) is 57.2 Å². The summed E-state index contributed by atoms with van der Waals surface area (Å²) in [5.74, 6) is 0.834. The van der Waals surface area contributed by atoms with E-state index >= 15 is 0 Å². The molecule has 0 amide bonds. The van der Waals surface area contributed by atoms with Gasteiger partial charge in [0.05, 0.1) is 13.0 Å². The first-order valence-electron chi connectivity index (χ1n) is 11.0. The molecule has 1 aromatic carbocycles. The normalized spacial score (nSPS) is 19.0. The molecule has 0 unspecified atom stereocenters. The molecule has 3 rings (SSSR count). The standard InChI is InChI=1S/C23H36N4O2.HI/c1-24-23(27-15-11-21(12-16-27)22(28)29-2)25-17-19-7-9-20(10-8-19)18-26-13-5-3-4-6-14-26;/h7-10,21H,3-6,11-18H2,1-2H3,(H,24,25);1H. The van der Waals surface area contributed by atoms with Crippen molar-refractivity contribution >= 4 is 35.9 Å². The van der Waals surface area contributed by atoms with Gasteiger partial charge in [-0.1, -0.05) is 37.1 Å². The number of esters is 1. The lowest BCUT2D eigenvalue weighted by atomic mass is 9.97. The SMILES string of the molecule is CN=C(NCc1ccc(CN2CCCCCC2)cc1)N1CCC(C(=O)OC)CC1.I. The van der Waals surface area contributed by atoms with Crippen molar-refractivity contribution in [1.29, 1.82) is 0 Å². The Kier molecular flexibility index (Phi) is 10.9. The highest BCUT2D eigenvalue weighted by Gasteiger charge is 2.26. The molecule has 2 saturated heterocycles. The van der Waals surface area contributed by atoms with Gasteiger partial charge < -0.3 is 15.0 Å². The van der Waals surface area contributed by atoms with Gasteiger partial charge in [-0.05, 0) is 49.9 Å². The second-order valence-corrected chi connectivity index (χ2v) is 8.19. The Labute approximate surface area is 198 Å². The number of likely N-dealkylation sites (tertiary alicyclic amines) is 2. The number of hydrogen-bond acceptors (Lipinski definition) is 4. The molecule has 30 heavy (non-hydrogen) atoms. The van der Waals surface area contributed by atoms with Gasteiger partial charge in [-0.25, -0.2) is 0 Å². The number of carbonyl (C=O) groups excluding carboxylic acids is 1. The highest BCUT2D eigenvalue weighted by Crippen LogP contribution is 2.19. The highest BCUT2D eigenvalue weighted by molar-refractivity contribution is 14.0. The minimum atomic E-state index is -0.0899.